The van der Waals surface area contributed by atoms with E-state index in [0.717, 1.165) is 14.6 Å². The number of rotatable bonds is 4. The van der Waals surface area contributed by atoms with E-state index in [2.05, 4.69) is 4.72 Å². The van der Waals surface area contributed by atoms with Crippen LogP contribution in [0.3, 0.4) is 0 Å². The highest BCUT2D eigenvalue weighted by Gasteiger charge is 2.41. The third kappa shape index (κ3) is 3.70. The van der Waals surface area contributed by atoms with Crippen LogP contribution in [0, 0.1) is 13.8 Å². The number of aliphatic hydroxyl groups is 3. The Morgan fingerprint density at radius 2 is 1.95 bits per heavy atom. The van der Waals surface area contributed by atoms with Crippen LogP contribution in [0.15, 0.2) is 11.0 Å². The first kappa shape index (κ1) is 17.0. The molecule has 0 aliphatic carbocycles. The van der Waals surface area contributed by atoms with E-state index in [1.54, 1.807) is 18.3 Å². The summed E-state index contributed by atoms with van der Waals surface area (Å²) in [5.41, 5.74) is 0. The summed E-state index contributed by atoms with van der Waals surface area (Å²) < 4.78 is 20.5. The quantitative estimate of drug-likeness (QED) is 0.613. The van der Waals surface area contributed by atoms with Crippen molar-refractivity contribution in [1.29, 1.82) is 0 Å². The lowest BCUT2D eigenvalue weighted by Gasteiger charge is -2.39. The fraction of sp³-hybridized carbons (Fsp3) is 0.692. The van der Waals surface area contributed by atoms with Crippen LogP contribution in [0.5, 0.6) is 0 Å². The minimum atomic E-state index is -1.40. The van der Waals surface area contributed by atoms with E-state index in [1.165, 1.54) is 0 Å². The highest BCUT2D eigenvalue weighted by Crippen LogP contribution is 2.24. The summed E-state index contributed by atoms with van der Waals surface area (Å²) in [6.45, 7) is 5.60. The Labute approximate surface area is 130 Å². The van der Waals surface area contributed by atoms with Crippen LogP contribution in [-0.4, -0.2) is 56.6 Å². The van der Waals surface area contributed by atoms with Crippen molar-refractivity contribution in [1.82, 2.24) is 4.72 Å². The molecule has 1 aromatic heterocycles. The molecule has 1 saturated heterocycles. The summed E-state index contributed by atoms with van der Waals surface area (Å²) in [6, 6.07) is 1.86. The van der Waals surface area contributed by atoms with Gasteiger partial charge in [0.2, 0.25) is 0 Å². The van der Waals surface area contributed by atoms with Crippen molar-refractivity contribution < 1.29 is 24.3 Å². The predicted octanol–water partition coefficient (Wildman–Crippen LogP) is -0.153. The highest BCUT2D eigenvalue weighted by atomic mass is 32.2. The van der Waals surface area contributed by atoms with E-state index in [-0.39, 0.29) is 6.54 Å². The number of hydrogen-bond acceptors (Lipinski definition) is 6. The van der Waals surface area contributed by atoms with E-state index >= 15 is 0 Å². The van der Waals surface area contributed by atoms with Crippen LogP contribution < -0.4 is 4.72 Å². The van der Waals surface area contributed by atoms with E-state index in [4.69, 9.17) is 4.74 Å². The Balaban J connectivity index is 1.96. The first-order valence-electron chi connectivity index (χ1n) is 6.73. The van der Waals surface area contributed by atoms with E-state index in [0.29, 0.717) is 0 Å². The van der Waals surface area contributed by atoms with Crippen molar-refractivity contribution in [2.24, 2.45) is 0 Å². The summed E-state index contributed by atoms with van der Waals surface area (Å²) in [7, 11) is -1.40. The average Bonchev–Trinajstić information content (AvgIpc) is 2.77. The van der Waals surface area contributed by atoms with Crippen molar-refractivity contribution in [2.75, 3.05) is 6.54 Å². The topological polar surface area (TPSA) is 99.0 Å². The van der Waals surface area contributed by atoms with Gasteiger partial charge in [0.05, 0.1) is 17.1 Å². The molecule has 0 saturated carbocycles. The Morgan fingerprint density at radius 3 is 2.52 bits per heavy atom. The maximum Gasteiger partial charge on any atom is 0.126 e. The molecule has 120 valence electrons. The molecule has 0 amide bonds. The van der Waals surface area contributed by atoms with Crippen molar-refractivity contribution >= 4 is 22.3 Å². The van der Waals surface area contributed by atoms with Gasteiger partial charge in [-0.2, -0.15) is 0 Å². The van der Waals surface area contributed by atoms with Gasteiger partial charge in [0.15, 0.2) is 0 Å². The fourth-order valence-corrected chi connectivity index (χ4v) is 4.59. The maximum absolute atomic E-state index is 12.2. The molecule has 21 heavy (non-hydrogen) atoms. The Kier molecular flexibility index (Phi) is 5.53. The van der Waals surface area contributed by atoms with Crippen LogP contribution >= 0.6 is 11.3 Å². The molecule has 6 atom stereocenters. The SMILES string of the molecule is Cc1cc(S(=O)NC[C@H]2OC(C)[C@@H](O)C(O)C2O)c(C)s1. The first-order valence-corrected chi connectivity index (χ1v) is 8.70. The molecule has 4 unspecified atom stereocenters. The monoisotopic (exact) mass is 335 g/mol. The van der Waals surface area contributed by atoms with E-state index in [1.807, 2.05) is 19.9 Å². The van der Waals surface area contributed by atoms with Gasteiger partial charge < -0.3 is 20.1 Å². The molecule has 0 bridgehead atoms. The molecule has 8 heteroatoms. The number of aliphatic hydroxyl groups excluding tert-OH is 3. The van der Waals surface area contributed by atoms with Crippen molar-refractivity contribution in [2.45, 2.75) is 56.2 Å². The minimum absolute atomic E-state index is 0.121. The summed E-state index contributed by atoms with van der Waals surface area (Å²) in [5, 5.41) is 29.2. The zero-order valence-corrected chi connectivity index (χ0v) is 13.8. The summed E-state index contributed by atoms with van der Waals surface area (Å²) in [5.74, 6) is 0. The van der Waals surface area contributed by atoms with Gasteiger partial charge in [-0.15, -0.1) is 11.3 Å². The van der Waals surface area contributed by atoms with Gasteiger partial charge in [0, 0.05) is 16.3 Å². The average molecular weight is 335 g/mol. The predicted molar refractivity (Wildman–Crippen MR) is 80.6 cm³/mol. The van der Waals surface area contributed by atoms with E-state index in [9.17, 15) is 19.5 Å². The lowest BCUT2D eigenvalue weighted by Crippen LogP contribution is -2.59. The number of thiophene rings is 1. The third-order valence-corrected chi connectivity index (χ3v) is 5.91. The molecule has 0 aromatic carbocycles. The van der Waals surface area contributed by atoms with E-state index < -0.39 is 41.5 Å². The lowest BCUT2D eigenvalue weighted by atomic mass is 9.96. The zero-order valence-electron chi connectivity index (χ0n) is 12.1. The molecule has 6 nitrogen and oxygen atoms in total. The summed E-state index contributed by atoms with van der Waals surface area (Å²) in [6.07, 6.45) is -4.91. The molecule has 1 aliphatic heterocycles. The molecule has 0 spiro atoms. The number of aryl methyl sites for hydroxylation is 2. The van der Waals surface area contributed by atoms with Crippen molar-refractivity contribution in [3.8, 4) is 0 Å². The van der Waals surface area contributed by atoms with Crippen LogP contribution in [0.1, 0.15) is 16.7 Å². The van der Waals surface area contributed by atoms with Crippen LogP contribution in [0.4, 0.5) is 0 Å². The molecule has 1 aromatic rings. The van der Waals surface area contributed by atoms with Gasteiger partial charge in [0.25, 0.3) is 0 Å². The molecule has 4 N–H and O–H groups in total. The largest absolute Gasteiger partial charge is 0.388 e. The second-order valence-electron chi connectivity index (χ2n) is 5.25. The molecule has 0 radical (unpaired) electrons. The fourth-order valence-electron chi connectivity index (χ4n) is 2.33. The first-order chi connectivity index (χ1) is 9.81. The van der Waals surface area contributed by atoms with Gasteiger partial charge in [-0.05, 0) is 26.8 Å². The maximum atomic E-state index is 12.2. The summed E-state index contributed by atoms with van der Waals surface area (Å²) >= 11 is 1.57. The second-order valence-corrected chi connectivity index (χ2v) is 7.97. The Morgan fingerprint density at radius 1 is 1.29 bits per heavy atom. The minimum Gasteiger partial charge on any atom is -0.388 e. The van der Waals surface area contributed by atoms with Crippen LogP contribution in [-0.2, 0) is 15.7 Å². The van der Waals surface area contributed by atoms with Gasteiger partial charge in [0.1, 0.15) is 29.3 Å². The summed E-state index contributed by atoms with van der Waals surface area (Å²) in [4.78, 5) is 2.78. The number of ether oxygens (including phenoxy) is 1. The second kappa shape index (κ2) is 6.82. The van der Waals surface area contributed by atoms with Gasteiger partial charge in [-0.1, -0.05) is 0 Å². The smallest absolute Gasteiger partial charge is 0.126 e. The van der Waals surface area contributed by atoms with Crippen molar-refractivity contribution in [3.05, 3.63) is 15.8 Å². The third-order valence-electron chi connectivity index (χ3n) is 3.56. The standard InChI is InChI=1S/C13H21NO5S2/c1-6-4-10(8(3)20-6)21(18)14-5-9-12(16)13(17)11(15)7(2)19-9/h4,7,9,11-17H,5H2,1-3H3/t7?,9-,11-,12?,13?,21?/m1/s1. The number of nitrogens with one attached hydrogen (secondary N) is 1. The normalized spacial score (nSPS) is 34.9. The van der Waals surface area contributed by atoms with Gasteiger partial charge in [-0.25, -0.2) is 8.93 Å². The van der Waals surface area contributed by atoms with Crippen LogP contribution in [0.2, 0.25) is 0 Å². The zero-order chi connectivity index (χ0) is 15.7. The highest BCUT2D eigenvalue weighted by molar-refractivity contribution is 7.83. The molecular weight excluding hydrogens is 314 g/mol. The van der Waals surface area contributed by atoms with Crippen LogP contribution in [0.25, 0.3) is 0 Å². The Bertz CT molecular complexity index is 521. The molecule has 1 fully saturated rings. The molecule has 2 heterocycles. The molecular formula is C13H21NO5S2. The molecule has 1 aliphatic rings. The lowest BCUT2D eigenvalue weighted by molar-refractivity contribution is -0.214. The van der Waals surface area contributed by atoms with Gasteiger partial charge in [-0.3, -0.25) is 0 Å². The van der Waals surface area contributed by atoms with Gasteiger partial charge >= 0.3 is 0 Å². The Hall–Kier alpha value is -0.350. The number of hydrogen-bond donors (Lipinski definition) is 4. The van der Waals surface area contributed by atoms with Crippen molar-refractivity contribution in [3.63, 3.8) is 0 Å². The molecule has 2 rings (SSSR count).